The van der Waals surface area contributed by atoms with Gasteiger partial charge in [-0.15, -0.1) is 0 Å². The number of carbonyl (C=O) groups is 3. The Bertz CT molecular complexity index is 1270. The van der Waals surface area contributed by atoms with Crippen LogP contribution in [0.3, 0.4) is 0 Å². The van der Waals surface area contributed by atoms with E-state index in [1.807, 2.05) is 110 Å². The van der Waals surface area contributed by atoms with Crippen molar-refractivity contribution in [3.05, 3.63) is 102 Å². The van der Waals surface area contributed by atoms with Crippen molar-refractivity contribution in [1.29, 1.82) is 0 Å². The molecule has 3 amide bonds. The van der Waals surface area contributed by atoms with Crippen LogP contribution < -0.4 is 10.2 Å². The number of nitrogens with one attached hydrogen (secondary N) is 1. The maximum atomic E-state index is 14.0. The fourth-order valence-corrected chi connectivity index (χ4v) is 5.92. The van der Waals surface area contributed by atoms with Crippen molar-refractivity contribution in [3.8, 4) is 0 Å². The molecule has 0 aliphatic carbocycles. The number of hydrogen-bond acceptors (Lipinski definition) is 4. The Balaban J connectivity index is 1.37. The lowest BCUT2D eigenvalue weighted by molar-refractivity contribution is -0.140. The third-order valence-electron chi connectivity index (χ3n) is 8.04. The Hall–Kier alpha value is -4.13. The Morgan fingerprint density at radius 2 is 1.35 bits per heavy atom. The summed E-state index contributed by atoms with van der Waals surface area (Å²) >= 11 is 0. The summed E-state index contributed by atoms with van der Waals surface area (Å²) in [6.07, 6.45) is 1.01. The van der Waals surface area contributed by atoms with Crippen LogP contribution in [-0.4, -0.2) is 65.9 Å². The summed E-state index contributed by atoms with van der Waals surface area (Å²) in [6.45, 7) is 5.99. The van der Waals surface area contributed by atoms with Gasteiger partial charge >= 0.3 is 0 Å². The fraction of sp³-hybridized carbons (Fsp3) is 0.364. The summed E-state index contributed by atoms with van der Waals surface area (Å²) in [6, 6.07) is 29.7. The highest BCUT2D eigenvalue weighted by Gasteiger charge is 2.54. The molecule has 7 heteroatoms. The van der Waals surface area contributed by atoms with Crippen LogP contribution in [0.4, 0.5) is 5.69 Å². The van der Waals surface area contributed by atoms with E-state index in [1.165, 1.54) is 0 Å². The molecule has 5 rings (SSSR count). The van der Waals surface area contributed by atoms with E-state index in [1.54, 1.807) is 4.90 Å². The molecule has 1 spiro atoms. The van der Waals surface area contributed by atoms with Crippen LogP contribution in [0, 0.1) is 5.92 Å². The Morgan fingerprint density at radius 1 is 0.825 bits per heavy atom. The second-order valence-corrected chi connectivity index (χ2v) is 11.2. The predicted molar refractivity (Wildman–Crippen MR) is 157 cm³/mol. The summed E-state index contributed by atoms with van der Waals surface area (Å²) in [4.78, 5) is 46.4. The molecule has 3 aromatic rings. The zero-order valence-corrected chi connectivity index (χ0v) is 23.3. The van der Waals surface area contributed by atoms with Gasteiger partial charge in [-0.2, -0.15) is 0 Å². The molecule has 2 heterocycles. The van der Waals surface area contributed by atoms with Gasteiger partial charge in [0.15, 0.2) is 0 Å². The van der Waals surface area contributed by atoms with Gasteiger partial charge in [0.05, 0.1) is 12.6 Å². The molecular formula is C33H38N4O3. The van der Waals surface area contributed by atoms with Crippen molar-refractivity contribution < 1.29 is 14.4 Å². The monoisotopic (exact) mass is 538 g/mol. The van der Waals surface area contributed by atoms with Gasteiger partial charge in [-0.1, -0.05) is 92.7 Å². The number of para-hydroxylation sites is 1. The van der Waals surface area contributed by atoms with Gasteiger partial charge in [0.1, 0.15) is 12.1 Å². The zero-order valence-electron chi connectivity index (χ0n) is 23.3. The maximum Gasteiger partial charge on any atom is 0.250 e. The van der Waals surface area contributed by atoms with Gasteiger partial charge in [-0.3, -0.25) is 14.4 Å². The van der Waals surface area contributed by atoms with Crippen LogP contribution >= 0.6 is 0 Å². The lowest BCUT2D eigenvalue weighted by atomic mass is 9.83. The second kappa shape index (κ2) is 11.9. The number of rotatable bonds is 8. The van der Waals surface area contributed by atoms with Crippen molar-refractivity contribution >= 4 is 23.4 Å². The summed E-state index contributed by atoms with van der Waals surface area (Å²) in [7, 11) is 0. The zero-order chi connectivity index (χ0) is 28.1. The minimum atomic E-state index is -0.786. The van der Waals surface area contributed by atoms with Crippen LogP contribution in [0.2, 0.25) is 0 Å². The van der Waals surface area contributed by atoms with Gasteiger partial charge < -0.3 is 20.0 Å². The van der Waals surface area contributed by atoms with Crippen LogP contribution in [0.15, 0.2) is 91.0 Å². The number of anilines is 1. The molecule has 2 aliphatic rings. The van der Waals surface area contributed by atoms with Crippen LogP contribution in [0.1, 0.15) is 43.7 Å². The average molecular weight is 539 g/mol. The quantitative estimate of drug-likeness (QED) is 0.465. The number of likely N-dealkylation sites (tertiary alicyclic amines) is 1. The molecule has 0 aromatic heterocycles. The minimum absolute atomic E-state index is 0.0311. The second-order valence-electron chi connectivity index (χ2n) is 11.2. The highest BCUT2D eigenvalue weighted by molar-refractivity contribution is 5.96. The van der Waals surface area contributed by atoms with E-state index >= 15 is 0 Å². The molecule has 0 saturated carbocycles. The Morgan fingerprint density at radius 3 is 1.88 bits per heavy atom. The number of nitrogens with zero attached hydrogens (tertiary/aromatic N) is 3. The number of carbonyl (C=O) groups excluding carboxylic acids is 3. The number of hydrogen-bond donors (Lipinski definition) is 1. The number of amides is 3. The highest BCUT2D eigenvalue weighted by atomic mass is 16.2. The average Bonchev–Trinajstić information content (AvgIpc) is 3.24. The summed E-state index contributed by atoms with van der Waals surface area (Å²) in [5.74, 6) is -0.196. The molecule has 0 bridgehead atoms. The lowest BCUT2D eigenvalue weighted by Gasteiger charge is -2.44. The fourth-order valence-electron chi connectivity index (χ4n) is 5.92. The van der Waals surface area contributed by atoms with Crippen LogP contribution in [-0.2, 0) is 14.4 Å². The van der Waals surface area contributed by atoms with E-state index in [9.17, 15) is 14.4 Å². The van der Waals surface area contributed by atoms with Crippen molar-refractivity contribution in [2.75, 3.05) is 37.7 Å². The van der Waals surface area contributed by atoms with Gasteiger partial charge in [0, 0.05) is 25.3 Å². The van der Waals surface area contributed by atoms with Crippen molar-refractivity contribution in [3.63, 3.8) is 0 Å². The molecule has 2 aliphatic heterocycles. The molecule has 2 fully saturated rings. The SMILES string of the molecule is CC(C)CNC(=O)CN1CN(c2ccccc2)C2(CCN(C(=O)C(c3ccccc3)c3ccccc3)CC2)C1=O. The van der Waals surface area contributed by atoms with Gasteiger partial charge in [-0.25, -0.2) is 0 Å². The first-order chi connectivity index (χ1) is 19.4. The summed E-state index contributed by atoms with van der Waals surface area (Å²) < 4.78 is 0. The van der Waals surface area contributed by atoms with Gasteiger partial charge in [0.2, 0.25) is 11.8 Å². The van der Waals surface area contributed by atoms with Crippen LogP contribution in [0.5, 0.6) is 0 Å². The van der Waals surface area contributed by atoms with E-state index in [0.29, 0.717) is 45.1 Å². The van der Waals surface area contributed by atoms with E-state index in [-0.39, 0.29) is 24.3 Å². The van der Waals surface area contributed by atoms with Crippen molar-refractivity contribution in [2.45, 2.75) is 38.1 Å². The minimum Gasteiger partial charge on any atom is -0.354 e. The van der Waals surface area contributed by atoms with E-state index in [2.05, 4.69) is 10.2 Å². The van der Waals surface area contributed by atoms with E-state index in [0.717, 1.165) is 16.8 Å². The highest BCUT2D eigenvalue weighted by Crippen LogP contribution is 2.40. The first-order valence-electron chi connectivity index (χ1n) is 14.2. The van der Waals surface area contributed by atoms with Crippen molar-refractivity contribution in [1.82, 2.24) is 15.1 Å². The molecule has 40 heavy (non-hydrogen) atoms. The first-order valence-corrected chi connectivity index (χ1v) is 14.2. The summed E-state index contributed by atoms with van der Waals surface area (Å²) in [5, 5.41) is 2.94. The number of piperidine rings is 1. The topological polar surface area (TPSA) is 73.0 Å². The largest absolute Gasteiger partial charge is 0.354 e. The van der Waals surface area contributed by atoms with E-state index in [4.69, 9.17) is 0 Å². The molecule has 2 saturated heterocycles. The third kappa shape index (κ3) is 5.60. The van der Waals surface area contributed by atoms with Gasteiger partial charge in [-0.05, 0) is 42.0 Å². The molecule has 0 radical (unpaired) electrons. The Labute approximate surface area is 236 Å². The Kier molecular flexibility index (Phi) is 8.19. The summed E-state index contributed by atoms with van der Waals surface area (Å²) in [5.41, 5.74) is 2.08. The van der Waals surface area contributed by atoms with Gasteiger partial charge in [0.25, 0.3) is 5.91 Å². The molecule has 3 aromatic carbocycles. The van der Waals surface area contributed by atoms with E-state index < -0.39 is 11.5 Å². The normalized spacial score (nSPS) is 16.7. The maximum absolute atomic E-state index is 14.0. The standard InChI is InChI=1S/C33H38N4O3/c1-25(2)22-34-29(38)23-36-24-37(28-16-10-5-11-17-28)33(32(36)40)18-20-35(21-19-33)31(39)30(26-12-6-3-7-13-26)27-14-8-4-9-15-27/h3-17,25,30H,18-24H2,1-2H3,(H,34,38). The first kappa shape index (κ1) is 27.4. The van der Waals surface area contributed by atoms with Crippen molar-refractivity contribution in [2.24, 2.45) is 5.92 Å². The third-order valence-corrected chi connectivity index (χ3v) is 8.04. The molecular weight excluding hydrogens is 500 g/mol. The smallest absolute Gasteiger partial charge is 0.250 e. The molecule has 0 unspecified atom stereocenters. The number of benzene rings is 3. The predicted octanol–water partition coefficient (Wildman–Crippen LogP) is 4.26. The molecule has 7 nitrogen and oxygen atoms in total. The molecule has 1 N–H and O–H groups in total. The lowest BCUT2D eigenvalue weighted by Crippen LogP contribution is -2.58. The molecule has 208 valence electrons. The molecule has 0 atom stereocenters. The van der Waals surface area contributed by atoms with Crippen LogP contribution in [0.25, 0.3) is 0 Å².